The molecule has 0 aromatic heterocycles. The van der Waals surface area contributed by atoms with Crippen LogP contribution >= 0.6 is 24.8 Å². The Labute approximate surface area is 60.2 Å². The highest BCUT2D eigenvalue weighted by Crippen LogP contribution is 1.87. The van der Waals surface area contributed by atoms with E-state index in [0.717, 1.165) is 0 Å². The maximum absolute atomic E-state index is 10.1. The van der Waals surface area contributed by atoms with Gasteiger partial charge < -0.3 is 5.32 Å². The molecule has 0 bridgehead atoms. The molecule has 1 rings (SSSR count). The lowest BCUT2D eigenvalue weighted by Gasteiger charge is -1.78. The number of halogens is 2. The fourth-order valence-corrected chi connectivity index (χ4v) is 0.377. The van der Waals surface area contributed by atoms with E-state index in [0.29, 0.717) is 6.42 Å². The number of carbonyl (C=O) groups excluding carboxylic acids is 1. The zero-order valence-corrected chi connectivity index (χ0v) is 5.72. The molecule has 0 atom stereocenters. The Morgan fingerprint density at radius 1 is 1.50 bits per heavy atom. The van der Waals surface area contributed by atoms with E-state index in [1.54, 1.807) is 12.3 Å². The molecule has 0 aromatic rings. The number of hydrogen-bond acceptors (Lipinski definition) is 1. The molecule has 1 aliphatic heterocycles. The van der Waals surface area contributed by atoms with E-state index in [-0.39, 0.29) is 30.7 Å². The lowest BCUT2D eigenvalue weighted by Crippen LogP contribution is -2.08. The number of rotatable bonds is 0. The average Bonchev–Trinajstić information content (AvgIpc) is 1.86. The molecule has 0 saturated carbocycles. The predicted molar refractivity (Wildman–Crippen MR) is 36.4 cm³/mol. The standard InChI is InChI=1S/C4H5NO.2ClH/c6-4-2-1-3-5-4;;/h1,3H,2H2,(H,5,6);2*1H. The van der Waals surface area contributed by atoms with Gasteiger partial charge in [-0.2, -0.15) is 0 Å². The van der Waals surface area contributed by atoms with Gasteiger partial charge in [0.2, 0.25) is 5.91 Å². The SMILES string of the molecule is Cl.Cl.O=C1CC=CN1. The molecule has 1 aliphatic rings. The summed E-state index contributed by atoms with van der Waals surface area (Å²) in [5, 5.41) is 2.50. The van der Waals surface area contributed by atoms with Gasteiger partial charge in [0, 0.05) is 12.6 Å². The van der Waals surface area contributed by atoms with Crippen molar-refractivity contribution in [1.29, 1.82) is 0 Å². The summed E-state index contributed by atoms with van der Waals surface area (Å²) in [6.45, 7) is 0. The van der Waals surface area contributed by atoms with Crippen LogP contribution in [0.2, 0.25) is 0 Å². The maximum Gasteiger partial charge on any atom is 0.227 e. The summed E-state index contributed by atoms with van der Waals surface area (Å²) >= 11 is 0. The molecule has 0 fully saturated rings. The first-order chi connectivity index (χ1) is 2.89. The first kappa shape index (κ1) is 10.7. The Morgan fingerprint density at radius 2 is 2.12 bits per heavy atom. The molecule has 48 valence electrons. The Bertz CT molecular complexity index is 92.2. The van der Waals surface area contributed by atoms with Gasteiger partial charge in [0.1, 0.15) is 0 Å². The first-order valence-corrected chi connectivity index (χ1v) is 1.84. The number of nitrogens with one attached hydrogen (secondary N) is 1. The van der Waals surface area contributed by atoms with Gasteiger partial charge in [-0.3, -0.25) is 4.79 Å². The summed E-state index contributed by atoms with van der Waals surface area (Å²) in [5.74, 6) is 0.0926. The van der Waals surface area contributed by atoms with Crippen molar-refractivity contribution in [2.75, 3.05) is 0 Å². The molecule has 1 N–H and O–H groups in total. The summed E-state index contributed by atoms with van der Waals surface area (Å²) in [6, 6.07) is 0. The highest BCUT2D eigenvalue weighted by Gasteiger charge is 1.97. The summed E-state index contributed by atoms with van der Waals surface area (Å²) in [4.78, 5) is 10.1. The van der Waals surface area contributed by atoms with Crippen LogP contribution in [0.4, 0.5) is 0 Å². The minimum absolute atomic E-state index is 0. The molecule has 0 aliphatic carbocycles. The van der Waals surface area contributed by atoms with Crippen molar-refractivity contribution in [3.05, 3.63) is 12.3 Å². The molecule has 1 amide bonds. The minimum atomic E-state index is 0. The largest absolute Gasteiger partial charge is 0.333 e. The average molecular weight is 156 g/mol. The van der Waals surface area contributed by atoms with Crippen LogP contribution in [0.5, 0.6) is 0 Å². The molecule has 1 heterocycles. The van der Waals surface area contributed by atoms with Crippen molar-refractivity contribution in [2.24, 2.45) is 0 Å². The Morgan fingerprint density at radius 3 is 2.25 bits per heavy atom. The van der Waals surface area contributed by atoms with E-state index in [1.165, 1.54) is 0 Å². The maximum atomic E-state index is 10.1. The van der Waals surface area contributed by atoms with E-state index >= 15 is 0 Å². The van der Waals surface area contributed by atoms with Crippen LogP contribution in [0.25, 0.3) is 0 Å². The second-order valence-electron chi connectivity index (χ2n) is 1.17. The lowest BCUT2D eigenvalue weighted by molar-refractivity contribution is -0.118. The summed E-state index contributed by atoms with van der Waals surface area (Å²) in [7, 11) is 0. The second kappa shape index (κ2) is 4.94. The molecule has 0 saturated heterocycles. The normalized spacial score (nSPS) is 13.8. The fraction of sp³-hybridized carbons (Fsp3) is 0.250. The van der Waals surface area contributed by atoms with Crippen LogP contribution in [-0.2, 0) is 4.79 Å². The van der Waals surface area contributed by atoms with Crippen molar-refractivity contribution < 1.29 is 4.79 Å². The highest BCUT2D eigenvalue weighted by atomic mass is 35.5. The van der Waals surface area contributed by atoms with Crippen LogP contribution in [0.3, 0.4) is 0 Å². The topological polar surface area (TPSA) is 29.1 Å². The van der Waals surface area contributed by atoms with Gasteiger partial charge in [-0.25, -0.2) is 0 Å². The second-order valence-corrected chi connectivity index (χ2v) is 1.17. The quantitative estimate of drug-likeness (QED) is 0.553. The van der Waals surface area contributed by atoms with Gasteiger partial charge in [0.05, 0.1) is 0 Å². The Balaban J connectivity index is 0. The van der Waals surface area contributed by atoms with E-state index in [9.17, 15) is 4.79 Å². The number of amides is 1. The van der Waals surface area contributed by atoms with Gasteiger partial charge in [-0.1, -0.05) is 6.08 Å². The zero-order chi connectivity index (χ0) is 4.41. The van der Waals surface area contributed by atoms with Crippen molar-refractivity contribution in [3.8, 4) is 0 Å². The molecule has 0 radical (unpaired) electrons. The van der Waals surface area contributed by atoms with E-state index in [2.05, 4.69) is 5.32 Å². The van der Waals surface area contributed by atoms with Crippen LogP contribution in [0.15, 0.2) is 12.3 Å². The third kappa shape index (κ3) is 2.88. The van der Waals surface area contributed by atoms with Crippen LogP contribution < -0.4 is 5.32 Å². The Kier molecular flexibility index (Phi) is 6.61. The van der Waals surface area contributed by atoms with Crippen LogP contribution in [0, 0.1) is 0 Å². The van der Waals surface area contributed by atoms with E-state index in [4.69, 9.17) is 0 Å². The minimum Gasteiger partial charge on any atom is -0.333 e. The molecule has 4 heteroatoms. The van der Waals surface area contributed by atoms with Gasteiger partial charge in [0.25, 0.3) is 0 Å². The van der Waals surface area contributed by atoms with Gasteiger partial charge in [0.15, 0.2) is 0 Å². The number of hydrogen-bond donors (Lipinski definition) is 1. The Hall–Kier alpha value is -0.210. The molecule has 0 unspecified atom stereocenters. The zero-order valence-electron chi connectivity index (χ0n) is 4.09. The third-order valence-electron chi connectivity index (χ3n) is 0.665. The van der Waals surface area contributed by atoms with E-state index < -0.39 is 0 Å². The first-order valence-electron chi connectivity index (χ1n) is 1.84. The monoisotopic (exact) mass is 155 g/mol. The molecule has 2 nitrogen and oxygen atoms in total. The summed E-state index contributed by atoms with van der Waals surface area (Å²) in [5.41, 5.74) is 0. The van der Waals surface area contributed by atoms with Crippen molar-refractivity contribution >= 4 is 30.7 Å². The molecule has 8 heavy (non-hydrogen) atoms. The van der Waals surface area contributed by atoms with Crippen molar-refractivity contribution in [3.63, 3.8) is 0 Å². The van der Waals surface area contributed by atoms with Gasteiger partial charge in [-0.05, 0) is 0 Å². The molecular formula is C4H7Cl2NO. The van der Waals surface area contributed by atoms with Crippen molar-refractivity contribution in [2.45, 2.75) is 6.42 Å². The smallest absolute Gasteiger partial charge is 0.227 e. The lowest BCUT2D eigenvalue weighted by atomic mass is 10.5. The third-order valence-corrected chi connectivity index (χ3v) is 0.665. The summed E-state index contributed by atoms with van der Waals surface area (Å²) in [6.07, 6.45) is 4.00. The molecular weight excluding hydrogens is 149 g/mol. The summed E-state index contributed by atoms with van der Waals surface area (Å²) < 4.78 is 0. The fourth-order valence-electron chi connectivity index (χ4n) is 0.377. The predicted octanol–water partition coefficient (Wildman–Crippen LogP) is 0.864. The van der Waals surface area contributed by atoms with E-state index in [1.807, 2.05) is 0 Å². The number of carbonyl (C=O) groups is 1. The molecule has 0 aromatic carbocycles. The molecule has 0 spiro atoms. The van der Waals surface area contributed by atoms with Gasteiger partial charge >= 0.3 is 0 Å². The van der Waals surface area contributed by atoms with Gasteiger partial charge in [-0.15, -0.1) is 24.8 Å². The highest BCUT2D eigenvalue weighted by molar-refractivity contribution is 5.85. The van der Waals surface area contributed by atoms with Crippen molar-refractivity contribution in [1.82, 2.24) is 5.32 Å². The van der Waals surface area contributed by atoms with Crippen LogP contribution in [0.1, 0.15) is 6.42 Å². The van der Waals surface area contributed by atoms with Crippen LogP contribution in [-0.4, -0.2) is 5.91 Å².